The SMILES string of the molecule is OC[C@@H](Nc1cc(Cl)ncc1-c1nc(-c2ccncc2)no1)c1ccccc1. The number of aromatic nitrogens is 4. The van der Waals surface area contributed by atoms with E-state index in [4.69, 9.17) is 16.1 Å². The summed E-state index contributed by atoms with van der Waals surface area (Å²) in [4.78, 5) is 12.6. The lowest BCUT2D eigenvalue weighted by Crippen LogP contribution is -2.15. The van der Waals surface area contributed by atoms with Crippen molar-refractivity contribution >= 4 is 17.3 Å². The predicted molar refractivity (Wildman–Crippen MR) is 106 cm³/mol. The lowest BCUT2D eigenvalue weighted by Gasteiger charge is -2.19. The van der Waals surface area contributed by atoms with E-state index in [0.29, 0.717) is 28.1 Å². The maximum atomic E-state index is 9.86. The van der Waals surface area contributed by atoms with Crippen LogP contribution in [0.5, 0.6) is 0 Å². The van der Waals surface area contributed by atoms with E-state index in [9.17, 15) is 5.11 Å². The second-order valence-corrected chi connectivity index (χ2v) is 6.39. The van der Waals surface area contributed by atoms with Gasteiger partial charge in [-0.15, -0.1) is 0 Å². The molecule has 0 aliphatic heterocycles. The molecule has 1 aromatic carbocycles. The molecular weight excluding hydrogens is 378 g/mol. The van der Waals surface area contributed by atoms with Gasteiger partial charge < -0.3 is 14.9 Å². The monoisotopic (exact) mass is 393 g/mol. The summed E-state index contributed by atoms with van der Waals surface area (Å²) in [6, 6.07) is 14.6. The number of anilines is 1. The van der Waals surface area contributed by atoms with Crippen molar-refractivity contribution in [2.75, 3.05) is 11.9 Å². The number of rotatable bonds is 6. The fourth-order valence-corrected chi connectivity index (χ4v) is 2.94. The Bertz CT molecular complexity index is 1060. The maximum Gasteiger partial charge on any atom is 0.261 e. The van der Waals surface area contributed by atoms with E-state index in [1.807, 2.05) is 30.3 Å². The maximum absolute atomic E-state index is 9.86. The zero-order chi connectivity index (χ0) is 19.3. The Morgan fingerprint density at radius 1 is 1.11 bits per heavy atom. The summed E-state index contributed by atoms with van der Waals surface area (Å²) < 4.78 is 5.44. The van der Waals surface area contributed by atoms with Crippen LogP contribution in [0.1, 0.15) is 11.6 Å². The van der Waals surface area contributed by atoms with Gasteiger partial charge in [0.15, 0.2) is 0 Å². The van der Waals surface area contributed by atoms with E-state index in [1.165, 1.54) is 0 Å². The summed E-state index contributed by atoms with van der Waals surface area (Å²) in [7, 11) is 0. The largest absolute Gasteiger partial charge is 0.394 e. The lowest BCUT2D eigenvalue weighted by atomic mass is 10.1. The fourth-order valence-electron chi connectivity index (χ4n) is 2.78. The van der Waals surface area contributed by atoms with E-state index < -0.39 is 0 Å². The molecule has 7 nitrogen and oxygen atoms in total. The zero-order valence-corrected chi connectivity index (χ0v) is 15.4. The number of pyridine rings is 2. The molecule has 28 heavy (non-hydrogen) atoms. The van der Waals surface area contributed by atoms with E-state index >= 15 is 0 Å². The molecule has 140 valence electrons. The van der Waals surface area contributed by atoms with Gasteiger partial charge in [0.2, 0.25) is 5.82 Å². The van der Waals surface area contributed by atoms with Crippen LogP contribution in [-0.4, -0.2) is 31.8 Å². The summed E-state index contributed by atoms with van der Waals surface area (Å²) in [5, 5.41) is 17.5. The molecule has 0 spiro atoms. The minimum Gasteiger partial charge on any atom is -0.394 e. The molecule has 0 saturated carbocycles. The number of nitrogens with one attached hydrogen (secondary N) is 1. The summed E-state index contributed by atoms with van der Waals surface area (Å²) in [6.07, 6.45) is 4.88. The van der Waals surface area contributed by atoms with Crippen LogP contribution >= 0.6 is 11.6 Å². The van der Waals surface area contributed by atoms with Gasteiger partial charge in [-0.2, -0.15) is 4.98 Å². The van der Waals surface area contributed by atoms with Crippen molar-refractivity contribution in [1.29, 1.82) is 0 Å². The first-order valence-corrected chi connectivity index (χ1v) is 8.95. The second-order valence-electron chi connectivity index (χ2n) is 6.00. The number of nitrogens with zero attached hydrogens (tertiary/aromatic N) is 4. The second kappa shape index (κ2) is 8.16. The molecule has 1 atom stereocenters. The number of hydrogen-bond acceptors (Lipinski definition) is 7. The van der Waals surface area contributed by atoms with Gasteiger partial charge in [0.05, 0.1) is 23.9 Å². The molecule has 0 amide bonds. The summed E-state index contributed by atoms with van der Waals surface area (Å²) in [5.41, 5.74) is 2.95. The molecule has 0 aliphatic rings. The quantitative estimate of drug-likeness (QED) is 0.478. The van der Waals surface area contributed by atoms with Gasteiger partial charge in [0.25, 0.3) is 5.89 Å². The fraction of sp³-hybridized carbons (Fsp3) is 0.100. The van der Waals surface area contributed by atoms with Crippen LogP contribution in [0.2, 0.25) is 5.15 Å². The molecule has 4 rings (SSSR count). The molecule has 4 aromatic rings. The standard InChI is InChI=1S/C20H16ClN5O2/c21-18-10-16(24-17(12-27)13-4-2-1-3-5-13)15(11-23-18)20-25-19(26-28-20)14-6-8-22-9-7-14/h1-11,17,27H,12H2,(H,23,24)/t17-/m1/s1. The number of hydrogen-bond donors (Lipinski definition) is 2. The lowest BCUT2D eigenvalue weighted by molar-refractivity contribution is 0.276. The molecule has 0 radical (unpaired) electrons. The van der Waals surface area contributed by atoms with E-state index in [0.717, 1.165) is 11.1 Å². The van der Waals surface area contributed by atoms with Crippen LogP contribution in [0.15, 0.2) is 71.6 Å². The molecule has 0 aliphatic carbocycles. The van der Waals surface area contributed by atoms with Gasteiger partial charge in [-0.05, 0) is 23.8 Å². The number of halogens is 1. The summed E-state index contributed by atoms with van der Waals surface area (Å²) in [5.74, 6) is 0.739. The van der Waals surface area contributed by atoms with Crippen molar-refractivity contribution in [2.24, 2.45) is 0 Å². The number of aliphatic hydroxyl groups is 1. The van der Waals surface area contributed by atoms with Crippen LogP contribution in [0.25, 0.3) is 22.8 Å². The van der Waals surface area contributed by atoms with Crippen molar-refractivity contribution < 1.29 is 9.63 Å². The molecule has 0 fully saturated rings. The minimum absolute atomic E-state index is 0.102. The van der Waals surface area contributed by atoms with Gasteiger partial charge in [0.1, 0.15) is 5.15 Å². The van der Waals surface area contributed by atoms with Crippen molar-refractivity contribution in [3.05, 3.63) is 77.8 Å². The van der Waals surface area contributed by atoms with Gasteiger partial charge in [-0.3, -0.25) is 4.98 Å². The highest BCUT2D eigenvalue weighted by atomic mass is 35.5. The minimum atomic E-state index is -0.332. The summed E-state index contributed by atoms with van der Waals surface area (Å²) >= 11 is 6.09. The molecule has 8 heteroatoms. The van der Waals surface area contributed by atoms with Crippen molar-refractivity contribution in [3.63, 3.8) is 0 Å². The zero-order valence-electron chi connectivity index (χ0n) is 14.7. The Morgan fingerprint density at radius 2 is 1.89 bits per heavy atom. The Labute approximate surface area is 166 Å². The Morgan fingerprint density at radius 3 is 2.64 bits per heavy atom. The number of benzene rings is 1. The average Bonchev–Trinajstić information content (AvgIpc) is 3.23. The highest BCUT2D eigenvalue weighted by Crippen LogP contribution is 2.32. The molecule has 0 saturated heterocycles. The van der Waals surface area contributed by atoms with Crippen LogP contribution in [-0.2, 0) is 0 Å². The third kappa shape index (κ3) is 3.85. The molecular formula is C20H16ClN5O2. The van der Waals surface area contributed by atoms with E-state index in [2.05, 4.69) is 25.4 Å². The van der Waals surface area contributed by atoms with Gasteiger partial charge in [-0.25, -0.2) is 4.98 Å². The highest BCUT2D eigenvalue weighted by Gasteiger charge is 2.18. The molecule has 3 heterocycles. The first-order chi connectivity index (χ1) is 13.7. The van der Waals surface area contributed by atoms with Crippen molar-refractivity contribution in [1.82, 2.24) is 20.1 Å². The van der Waals surface area contributed by atoms with Gasteiger partial charge in [-0.1, -0.05) is 47.1 Å². The Balaban J connectivity index is 1.68. The topological polar surface area (TPSA) is 97.0 Å². The van der Waals surface area contributed by atoms with Crippen molar-refractivity contribution in [2.45, 2.75) is 6.04 Å². The van der Waals surface area contributed by atoms with Crippen LogP contribution in [0.4, 0.5) is 5.69 Å². The van der Waals surface area contributed by atoms with E-state index in [-0.39, 0.29) is 12.6 Å². The Hall–Kier alpha value is -3.29. The van der Waals surface area contributed by atoms with Crippen LogP contribution in [0, 0.1) is 0 Å². The van der Waals surface area contributed by atoms with Gasteiger partial charge in [0, 0.05) is 24.2 Å². The third-order valence-electron chi connectivity index (χ3n) is 4.18. The summed E-state index contributed by atoms with van der Waals surface area (Å²) in [6.45, 7) is -0.102. The number of aliphatic hydroxyl groups excluding tert-OH is 1. The normalized spacial score (nSPS) is 11.9. The molecule has 3 aromatic heterocycles. The molecule has 0 bridgehead atoms. The van der Waals surface area contributed by atoms with Crippen molar-refractivity contribution in [3.8, 4) is 22.8 Å². The third-order valence-corrected chi connectivity index (χ3v) is 4.39. The highest BCUT2D eigenvalue weighted by molar-refractivity contribution is 6.29. The predicted octanol–water partition coefficient (Wildman–Crippen LogP) is 3.99. The Kier molecular flexibility index (Phi) is 5.27. The van der Waals surface area contributed by atoms with Crippen LogP contribution < -0.4 is 5.32 Å². The average molecular weight is 394 g/mol. The van der Waals surface area contributed by atoms with E-state index in [1.54, 1.807) is 36.8 Å². The molecule has 0 unspecified atom stereocenters. The first kappa shape index (κ1) is 18.1. The first-order valence-electron chi connectivity index (χ1n) is 8.57. The smallest absolute Gasteiger partial charge is 0.261 e. The molecule has 2 N–H and O–H groups in total. The van der Waals surface area contributed by atoms with Gasteiger partial charge >= 0.3 is 0 Å². The van der Waals surface area contributed by atoms with Crippen LogP contribution in [0.3, 0.4) is 0 Å².